The Balaban J connectivity index is 1.27. The van der Waals surface area contributed by atoms with E-state index in [2.05, 4.69) is 57.0 Å². The van der Waals surface area contributed by atoms with Crippen molar-refractivity contribution >= 4 is 28.7 Å². The molecule has 0 bridgehead atoms. The average Bonchev–Trinajstić information content (AvgIpc) is 3.57. The molecule has 0 atom stereocenters. The molecular weight excluding hydrogens is 428 g/mol. The third-order valence-corrected chi connectivity index (χ3v) is 6.55. The normalized spacial score (nSPS) is 11.0. The zero-order chi connectivity index (χ0) is 21.3. The second-order valence-corrected chi connectivity index (χ2v) is 9.20. The van der Waals surface area contributed by atoms with Gasteiger partial charge in [-0.15, -0.1) is 22.7 Å². The topological polar surface area (TPSA) is 47.7 Å². The predicted molar refractivity (Wildman–Crippen MR) is 126 cm³/mol. The van der Waals surface area contributed by atoms with Gasteiger partial charge in [-0.2, -0.15) is 4.98 Å². The second kappa shape index (κ2) is 11.1. The van der Waals surface area contributed by atoms with E-state index in [9.17, 15) is 0 Å². The lowest BCUT2D eigenvalue weighted by Gasteiger charge is -2.19. The van der Waals surface area contributed by atoms with Crippen LogP contribution in [0, 0.1) is 0 Å². The number of anilines is 1. The number of nitrogens with zero attached hydrogens (tertiary/aromatic N) is 2. The summed E-state index contributed by atoms with van der Waals surface area (Å²) in [5.41, 5.74) is 2.10. The Labute approximate surface area is 190 Å². The predicted octanol–water partition coefficient (Wildman–Crippen LogP) is 6.16. The minimum Gasteiger partial charge on any atom is -0.497 e. The smallest absolute Gasteiger partial charge is 0.298 e. The van der Waals surface area contributed by atoms with Gasteiger partial charge in [-0.1, -0.05) is 24.3 Å². The van der Waals surface area contributed by atoms with E-state index in [0.29, 0.717) is 19.2 Å². The van der Waals surface area contributed by atoms with E-state index in [1.165, 1.54) is 15.3 Å². The van der Waals surface area contributed by atoms with Crippen molar-refractivity contribution in [3.05, 3.63) is 86.6 Å². The molecule has 3 heterocycles. The Hall–Kier alpha value is -2.61. The zero-order valence-corrected chi connectivity index (χ0v) is 19.2. The van der Waals surface area contributed by atoms with Crippen LogP contribution in [0.3, 0.4) is 0 Å². The fourth-order valence-corrected chi connectivity index (χ4v) is 4.67. The van der Waals surface area contributed by atoms with E-state index in [0.717, 1.165) is 37.4 Å². The van der Waals surface area contributed by atoms with Crippen LogP contribution >= 0.6 is 22.7 Å². The molecule has 0 unspecified atom stereocenters. The van der Waals surface area contributed by atoms with Gasteiger partial charge in [-0.3, -0.25) is 0 Å². The van der Waals surface area contributed by atoms with Crippen molar-refractivity contribution in [2.75, 3.05) is 18.6 Å². The number of methoxy groups -OCH3 is 1. The van der Waals surface area contributed by atoms with Crippen LogP contribution < -0.4 is 9.64 Å². The van der Waals surface area contributed by atoms with Gasteiger partial charge < -0.3 is 18.8 Å². The highest BCUT2D eigenvalue weighted by atomic mass is 32.1. The standard InChI is InChI=1S/C24H26N2O3S2/c1-27-21-10-8-19(9-11-21)5-2-12-28-17-20-18-29-24(25-20)26(15-22-6-3-13-30-22)16-23-7-4-14-31-23/h3-4,6-11,13-14,18H,2,5,12,15-17H2,1H3. The van der Waals surface area contributed by atoms with Crippen molar-refractivity contribution in [1.82, 2.24) is 4.98 Å². The Kier molecular flexibility index (Phi) is 7.76. The molecule has 0 fully saturated rings. The van der Waals surface area contributed by atoms with Crippen molar-refractivity contribution in [3.63, 3.8) is 0 Å². The van der Waals surface area contributed by atoms with Gasteiger partial charge >= 0.3 is 0 Å². The van der Waals surface area contributed by atoms with Crippen molar-refractivity contribution in [2.45, 2.75) is 32.5 Å². The Bertz CT molecular complexity index is 975. The fourth-order valence-electron chi connectivity index (χ4n) is 3.23. The largest absolute Gasteiger partial charge is 0.497 e. The summed E-state index contributed by atoms with van der Waals surface area (Å²) in [5, 5.41) is 4.19. The van der Waals surface area contributed by atoms with Gasteiger partial charge in [0, 0.05) is 16.4 Å². The molecule has 0 aliphatic rings. The molecule has 0 N–H and O–H groups in total. The van der Waals surface area contributed by atoms with Gasteiger partial charge in [0.1, 0.15) is 17.7 Å². The van der Waals surface area contributed by atoms with Crippen molar-refractivity contribution in [3.8, 4) is 5.75 Å². The first-order valence-corrected chi connectivity index (χ1v) is 12.0. The van der Waals surface area contributed by atoms with Gasteiger partial charge in [-0.05, 0) is 53.4 Å². The summed E-state index contributed by atoms with van der Waals surface area (Å²) in [6.45, 7) is 2.69. The van der Waals surface area contributed by atoms with Gasteiger partial charge in [0.2, 0.25) is 0 Å². The maximum atomic E-state index is 5.83. The second-order valence-electron chi connectivity index (χ2n) is 7.14. The van der Waals surface area contributed by atoms with Crippen LogP contribution in [-0.2, 0) is 30.9 Å². The number of rotatable bonds is 12. The summed E-state index contributed by atoms with van der Waals surface area (Å²) >= 11 is 3.49. The summed E-state index contributed by atoms with van der Waals surface area (Å²) in [7, 11) is 1.68. The molecule has 1 aromatic carbocycles. The quantitative estimate of drug-likeness (QED) is 0.240. The molecule has 162 valence electrons. The molecule has 0 amide bonds. The van der Waals surface area contributed by atoms with Crippen molar-refractivity contribution in [2.24, 2.45) is 0 Å². The zero-order valence-electron chi connectivity index (χ0n) is 17.5. The number of thiophene rings is 2. The molecule has 7 heteroatoms. The molecule has 0 saturated heterocycles. The van der Waals surface area contributed by atoms with Gasteiger partial charge in [-0.25, -0.2) is 0 Å². The molecule has 0 aliphatic carbocycles. The molecular formula is C24H26N2O3S2. The Morgan fingerprint density at radius 2 is 1.68 bits per heavy atom. The Morgan fingerprint density at radius 1 is 0.968 bits per heavy atom. The molecule has 0 radical (unpaired) electrons. The third kappa shape index (κ3) is 6.43. The summed E-state index contributed by atoms with van der Waals surface area (Å²) in [6, 6.07) is 17.2. The van der Waals surface area contributed by atoms with Crippen LogP contribution in [0.5, 0.6) is 5.75 Å². The number of benzene rings is 1. The summed E-state index contributed by atoms with van der Waals surface area (Å²) in [4.78, 5) is 9.41. The number of hydrogen-bond donors (Lipinski definition) is 0. The molecule has 4 aromatic rings. The number of aryl methyl sites for hydroxylation is 1. The average molecular weight is 455 g/mol. The van der Waals surface area contributed by atoms with Gasteiger partial charge in [0.05, 0.1) is 26.8 Å². The van der Waals surface area contributed by atoms with Crippen LogP contribution in [0.4, 0.5) is 6.01 Å². The summed E-state index contributed by atoms with van der Waals surface area (Å²) in [5.74, 6) is 0.883. The molecule has 3 aromatic heterocycles. The van der Waals surface area contributed by atoms with Gasteiger partial charge in [0.25, 0.3) is 6.01 Å². The van der Waals surface area contributed by atoms with Crippen LogP contribution in [0.15, 0.2) is 70.0 Å². The van der Waals surface area contributed by atoms with Crippen molar-refractivity contribution < 1.29 is 13.9 Å². The minimum absolute atomic E-state index is 0.456. The maximum absolute atomic E-state index is 5.83. The molecule has 0 saturated carbocycles. The number of oxazole rings is 1. The minimum atomic E-state index is 0.456. The number of hydrogen-bond acceptors (Lipinski definition) is 7. The third-order valence-electron chi connectivity index (χ3n) is 4.83. The van der Waals surface area contributed by atoms with E-state index in [1.54, 1.807) is 36.0 Å². The summed E-state index contributed by atoms with van der Waals surface area (Å²) in [6.07, 6.45) is 3.64. The SMILES string of the molecule is COc1ccc(CCCOCc2coc(N(Cc3cccs3)Cc3cccs3)n2)cc1. The highest BCUT2D eigenvalue weighted by Crippen LogP contribution is 2.23. The fraction of sp³-hybridized carbons (Fsp3) is 0.292. The molecule has 0 aliphatic heterocycles. The highest BCUT2D eigenvalue weighted by molar-refractivity contribution is 7.10. The first-order valence-electron chi connectivity index (χ1n) is 10.2. The highest BCUT2D eigenvalue weighted by Gasteiger charge is 2.16. The lowest BCUT2D eigenvalue weighted by Crippen LogP contribution is -2.21. The molecule has 31 heavy (non-hydrogen) atoms. The molecule has 5 nitrogen and oxygen atoms in total. The van der Waals surface area contributed by atoms with E-state index < -0.39 is 0 Å². The van der Waals surface area contributed by atoms with E-state index in [1.807, 2.05) is 12.1 Å². The van der Waals surface area contributed by atoms with E-state index in [4.69, 9.17) is 13.9 Å². The van der Waals surface area contributed by atoms with Crippen LogP contribution in [0.2, 0.25) is 0 Å². The molecule has 0 spiro atoms. The number of ether oxygens (including phenoxy) is 2. The van der Waals surface area contributed by atoms with Crippen LogP contribution in [0.25, 0.3) is 0 Å². The monoisotopic (exact) mass is 454 g/mol. The van der Waals surface area contributed by atoms with E-state index >= 15 is 0 Å². The molecule has 4 rings (SSSR count). The lowest BCUT2D eigenvalue weighted by atomic mass is 10.1. The van der Waals surface area contributed by atoms with Crippen molar-refractivity contribution in [1.29, 1.82) is 0 Å². The number of aromatic nitrogens is 1. The Morgan fingerprint density at radius 3 is 2.29 bits per heavy atom. The van der Waals surface area contributed by atoms with Crippen LogP contribution in [0.1, 0.15) is 27.4 Å². The lowest BCUT2D eigenvalue weighted by molar-refractivity contribution is 0.116. The first-order chi connectivity index (χ1) is 15.3. The maximum Gasteiger partial charge on any atom is 0.298 e. The van der Waals surface area contributed by atoms with E-state index in [-0.39, 0.29) is 0 Å². The first kappa shape index (κ1) is 21.6. The van der Waals surface area contributed by atoms with Crippen LogP contribution in [-0.4, -0.2) is 18.7 Å². The van der Waals surface area contributed by atoms with Gasteiger partial charge in [0.15, 0.2) is 0 Å². The summed E-state index contributed by atoms with van der Waals surface area (Å²) < 4.78 is 16.8.